The SMILES string of the molecule is Cc1cc(Cl)c2ccccc2c1NC(=O)N1CCS(=O)(=O)C2CCCC21. The number of nitrogens with one attached hydrogen (secondary N) is 1. The zero-order valence-corrected chi connectivity index (χ0v) is 16.1. The molecule has 2 aromatic carbocycles. The van der Waals surface area contributed by atoms with Crippen molar-refractivity contribution in [2.75, 3.05) is 17.6 Å². The minimum Gasteiger partial charge on any atom is -0.319 e. The van der Waals surface area contributed by atoms with Crippen LogP contribution in [0.3, 0.4) is 0 Å². The molecule has 138 valence electrons. The average Bonchev–Trinajstić information content (AvgIpc) is 3.09. The van der Waals surface area contributed by atoms with Gasteiger partial charge in [0.2, 0.25) is 0 Å². The molecule has 0 aromatic heterocycles. The third kappa shape index (κ3) is 2.85. The maximum atomic E-state index is 13.0. The fraction of sp³-hybridized carbons (Fsp3) is 0.421. The standard InChI is InChI=1S/C19H21ClN2O3S/c1-12-11-15(20)13-5-2-3-6-14(13)18(12)21-19(23)22-9-10-26(24,25)17-8-4-7-16(17)22/h2-3,5-6,11,16-17H,4,7-10H2,1H3,(H,21,23). The first-order chi connectivity index (χ1) is 12.4. The van der Waals surface area contributed by atoms with E-state index >= 15 is 0 Å². The minimum absolute atomic E-state index is 0.0436. The number of aryl methyl sites for hydroxylation is 1. The first-order valence-electron chi connectivity index (χ1n) is 8.85. The zero-order chi connectivity index (χ0) is 18.5. The molecule has 1 aliphatic carbocycles. The Kier molecular flexibility index (Phi) is 4.35. The molecular formula is C19H21ClN2O3S. The van der Waals surface area contributed by atoms with Crippen molar-refractivity contribution < 1.29 is 13.2 Å². The van der Waals surface area contributed by atoms with Gasteiger partial charge in [-0.2, -0.15) is 0 Å². The summed E-state index contributed by atoms with van der Waals surface area (Å²) in [5, 5.41) is 5.03. The number of amides is 2. The van der Waals surface area contributed by atoms with Gasteiger partial charge in [0, 0.05) is 22.3 Å². The number of rotatable bonds is 1. The van der Waals surface area contributed by atoms with Gasteiger partial charge in [-0.05, 0) is 37.8 Å². The van der Waals surface area contributed by atoms with Gasteiger partial charge in [0.05, 0.1) is 22.7 Å². The molecule has 1 heterocycles. The molecule has 2 unspecified atom stereocenters. The molecule has 2 aliphatic rings. The predicted octanol–water partition coefficient (Wildman–Crippen LogP) is 3.99. The maximum absolute atomic E-state index is 13.0. The number of hydrogen-bond donors (Lipinski definition) is 1. The highest BCUT2D eigenvalue weighted by Crippen LogP contribution is 2.36. The molecule has 2 fully saturated rings. The van der Waals surface area contributed by atoms with Gasteiger partial charge in [-0.15, -0.1) is 0 Å². The van der Waals surface area contributed by atoms with Crippen molar-refractivity contribution in [1.29, 1.82) is 0 Å². The van der Waals surface area contributed by atoms with Crippen molar-refractivity contribution in [2.24, 2.45) is 0 Å². The maximum Gasteiger partial charge on any atom is 0.322 e. The van der Waals surface area contributed by atoms with Crippen LogP contribution in [-0.2, 0) is 9.84 Å². The summed E-state index contributed by atoms with van der Waals surface area (Å²) in [7, 11) is -3.09. The minimum atomic E-state index is -3.09. The quantitative estimate of drug-likeness (QED) is 0.798. The molecule has 7 heteroatoms. The summed E-state index contributed by atoms with van der Waals surface area (Å²) in [6.07, 6.45) is 2.25. The number of benzene rings is 2. The lowest BCUT2D eigenvalue weighted by atomic mass is 10.0. The number of urea groups is 1. The van der Waals surface area contributed by atoms with Crippen molar-refractivity contribution in [2.45, 2.75) is 37.5 Å². The number of carbonyl (C=O) groups excluding carboxylic acids is 1. The van der Waals surface area contributed by atoms with E-state index in [0.717, 1.165) is 34.9 Å². The predicted molar refractivity (Wildman–Crippen MR) is 105 cm³/mol. The second-order valence-corrected chi connectivity index (χ2v) is 9.87. The van der Waals surface area contributed by atoms with E-state index in [9.17, 15) is 13.2 Å². The summed E-state index contributed by atoms with van der Waals surface area (Å²) in [4.78, 5) is 14.7. The molecular weight excluding hydrogens is 372 g/mol. The van der Waals surface area contributed by atoms with E-state index in [0.29, 0.717) is 11.4 Å². The van der Waals surface area contributed by atoms with Crippen LogP contribution in [0.25, 0.3) is 10.8 Å². The molecule has 2 aromatic rings. The highest BCUT2D eigenvalue weighted by atomic mass is 35.5. The van der Waals surface area contributed by atoms with Crippen LogP contribution in [0.4, 0.5) is 10.5 Å². The summed E-state index contributed by atoms with van der Waals surface area (Å²) in [6, 6.07) is 9.08. The van der Waals surface area contributed by atoms with Gasteiger partial charge in [0.25, 0.3) is 0 Å². The van der Waals surface area contributed by atoms with E-state index in [-0.39, 0.29) is 24.4 Å². The molecule has 0 spiro atoms. The van der Waals surface area contributed by atoms with Crippen LogP contribution in [-0.4, -0.2) is 42.9 Å². The Hall–Kier alpha value is -1.79. The topological polar surface area (TPSA) is 66.5 Å². The Morgan fingerprint density at radius 1 is 1.23 bits per heavy atom. The van der Waals surface area contributed by atoms with Gasteiger partial charge < -0.3 is 10.2 Å². The molecule has 5 nitrogen and oxygen atoms in total. The first-order valence-corrected chi connectivity index (χ1v) is 10.9. The van der Waals surface area contributed by atoms with Crippen LogP contribution >= 0.6 is 11.6 Å². The van der Waals surface area contributed by atoms with Gasteiger partial charge in [-0.3, -0.25) is 0 Å². The van der Waals surface area contributed by atoms with E-state index in [2.05, 4.69) is 5.32 Å². The normalized spacial score (nSPS) is 24.5. The van der Waals surface area contributed by atoms with Crippen LogP contribution in [0.1, 0.15) is 24.8 Å². The molecule has 2 atom stereocenters. The Labute approximate surface area is 158 Å². The van der Waals surface area contributed by atoms with Gasteiger partial charge in [-0.25, -0.2) is 13.2 Å². The lowest BCUT2D eigenvalue weighted by Gasteiger charge is -2.37. The van der Waals surface area contributed by atoms with E-state index < -0.39 is 15.1 Å². The highest BCUT2D eigenvalue weighted by Gasteiger charge is 2.46. The second-order valence-electron chi connectivity index (χ2n) is 7.12. The number of carbonyl (C=O) groups is 1. The average molecular weight is 393 g/mol. The largest absolute Gasteiger partial charge is 0.322 e. The van der Waals surface area contributed by atoms with Gasteiger partial charge in [0.15, 0.2) is 9.84 Å². The number of hydrogen-bond acceptors (Lipinski definition) is 3. The molecule has 1 saturated carbocycles. The third-order valence-electron chi connectivity index (χ3n) is 5.58. The van der Waals surface area contributed by atoms with E-state index in [4.69, 9.17) is 11.6 Å². The molecule has 1 N–H and O–H groups in total. The smallest absolute Gasteiger partial charge is 0.319 e. The number of fused-ring (bicyclic) bond motifs is 2. The number of anilines is 1. The summed E-state index contributed by atoms with van der Waals surface area (Å²) in [5.41, 5.74) is 1.62. The Bertz CT molecular complexity index is 990. The van der Waals surface area contributed by atoms with Crippen molar-refractivity contribution in [3.05, 3.63) is 40.9 Å². The van der Waals surface area contributed by atoms with Crippen molar-refractivity contribution in [1.82, 2.24) is 4.90 Å². The van der Waals surface area contributed by atoms with Crippen LogP contribution in [0, 0.1) is 6.92 Å². The third-order valence-corrected chi connectivity index (χ3v) is 8.12. The Morgan fingerprint density at radius 2 is 1.96 bits per heavy atom. The van der Waals surface area contributed by atoms with E-state index in [1.54, 1.807) is 4.90 Å². The summed E-state index contributed by atoms with van der Waals surface area (Å²) < 4.78 is 24.6. The monoisotopic (exact) mass is 392 g/mol. The molecule has 26 heavy (non-hydrogen) atoms. The lowest BCUT2D eigenvalue weighted by Crippen LogP contribution is -2.55. The van der Waals surface area contributed by atoms with Gasteiger partial charge in [-0.1, -0.05) is 35.9 Å². The van der Waals surface area contributed by atoms with Crippen molar-refractivity contribution >= 4 is 43.9 Å². The number of halogens is 1. The molecule has 4 rings (SSSR count). The van der Waals surface area contributed by atoms with Crippen LogP contribution in [0.2, 0.25) is 5.02 Å². The molecule has 1 aliphatic heterocycles. The molecule has 1 saturated heterocycles. The van der Waals surface area contributed by atoms with Crippen molar-refractivity contribution in [3.63, 3.8) is 0 Å². The van der Waals surface area contributed by atoms with E-state index in [1.807, 2.05) is 37.3 Å². The van der Waals surface area contributed by atoms with Crippen LogP contribution in [0.15, 0.2) is 30.3 Å². The Balaban J connectivity index is 1.66. The van der Waals surface area contributed by atoms with Crippen molar-refractivity contribution in [3.8, 4) is 0 Å². The van der Waals surface area contributed by atoms with Crippen LogP contribution < -0.4 is 5.32 Å². The fourth-order valence-corrected chi connectivity index (χ4v) is 6.65. The number of sulfone groups is 1. The zero-order valence-electron chi connectivity index (χ0n) is 14.5. The Morgan fingerprint density at radius 3 is 2.73 bits per heavy atom. The fourth-order valence-electron chi connectivity index (χ4n) is 4.28. The van der Waals surface area contributed by atoms with Crippen LogP contribution in [0.5, 0.6) is 0 Å². The van der Waals surface area contributed by atoms with E-state index in [1.165, 1.54) is 0 Å². The molecule has 0 radical (unpaired) electrons. The highest BCUT2D eigenvalue weighted by molar-refractivity contribution is 7.92. The second kappa shape index (κ2) is 6.43. The lowest BCUT2D eigenvalue weighted by molar-refractivity contribution is 0.189. The summed E-state index contributed by atoms with van der Waals surface area (Å²) in [6.45, 7) is 2.16. The first kappa shape index (κ1) is 17.6. The van der Waals surface area contributed by atoms with Gasteiger partial charge in [0.1, 0.15) is 0 Å². The molecule has 0 bridgehead atoms. The summed E-state index contributed by atoms with van der Waals surface area (Å²) >= 11 is 6.33. The molecule has 2 amide bonds. The number of nitrogens with zero attached hydrogens (tertiary/aromatic N) is 1. The van der Waals surface area contributed by atoms with Gasteiger partial charge >= 0.3 is 6.03 Å². The summed E-state index contributed by atoms with van der Waals surface area (Å²) in [5.74, 6) is 0.0436.